The number of benzene rings is 2. The smallest absolute Gasteiger partial charge is 0.242 e. The summed E-state index contributed by atoms with van der Waals surface area (Å²) in [5.74, 6) is 1.96. The third-order valence-electron chi connectivity index (χ3n) is 7.29. The fraction of sp³-hybridized carbons (Fsp3) is 0.333. The lowest BCUT2D eigenvalue weighted by atomic mass is 10.1. The first-order chi connectivity index (χ1) is 19.0. The van der Waals surface area contributed by atoms with Crippen LogP contribution >= 0.6 is 0 Å². The van der Waals surface area contributed by atoms with E-state index in [0.29, 0.717) is 50.0 Å². The van der Waals surface area contributed by atoms with E-state index in [1.54, 1.807) is 17.9 Å². The van der Waals surface area contributed by atoms with Crippen molar-refractivity contribution in [2.45, 2.75) is 39.1 Å². The summed E-state index contributed by atoms with van der Waals surface area (Å²) >= 11 is 0. The number of hydrogen-bond donors (Lipinski definition) is 0. The van der Waals surface area contributed by atoms with Gasteiger partial charge < -0.3 is 14.0 Å². The molecule has 4 heterocycles. The van der Waals surface area contributed by atoms with Crippen molar-refractivity contribution in [3.05, 3.63) is 83.7 Å². The molecular weight excluding hydrogens is 494 g/mol. The van der Waals surface area contributed by atoms with E-state index in [2.05, 4.69) is 14.5 Å². The number of nitrogens with zero attached hydrogens (tertiary/aromatic N) is 5. The molecule has 200 valence electrons. The predicted octanol–water partition coefficient (Wildman–Crippen LogP) is 3.85. The van der Waals surface area contributed by atoms with Crippen LogP contribution in [0.15, 0.2) is 66.7 Å². The number of carbonyl (C=O) groups excluding carboxylic acids is 2. The Morgan fingerprint density at radius 3 is 2.64 bits per heavy atom. The minimum Gasteiger partial charge on any atom is -0.473 e. The van der Waals surface area contributed by atoms with Crippen molar-refractivity contribution in [2.75, 3.05) is 31.1 Å². The highest BCUT2D eigenvalue weighted by Gasteiger charge is 2.28. The fourth-order valence-corrected chi connectivity index (χ4v) is 5.01. The number of fused-ring (bicyclic) bond motifs is 1. The summed E-state index contributed by atoms with van der Waals surface area (Å²) in [4.78, 5) is 38.5. The Bertz CT molecular complexity index is 1500. The molecule has 2 aromatic heterocycles. The summed E-state index contributed by atoms with van der Waals surface area (Å²) < 4.78 is 13.7. The Labute approximate surface area is 227 Å². The van der Waals surface area contributed by atoms with E-state index in [0.717, 1.165) is 35.4 Å². The van der Waals surface area contributed by atoms with Crippen molar-refractivity contribution in [1.82, 2.24) is 19.4 Å². The second kappa shape index (κ2) is 11.0. The van der Waals surface area contributed by atoms with Crippen LogP contribution in [0.1, 0.15) is 35.1 Å². The number of amides is 1. The fourth-order valence-electron chi connectivity index (χ4n) is 5.01. The number of rotatable bonds is 9. The van der Waals surface area contributed by atoms with Gasteiger partial charge in [0.2, 0.25) is 11.8 Å². The topological polar surface area (TPSA) is 89.8 Å². The number of ketones is 1. The molecule has 0 spiro atoms. The lowest BCUT2D eigenvalue weighted by molar-refractivity contribution is -0.121. The standard InChI is InChI=1S/C30H31N5O4/c1-21(36)23-10-11-25-26(16-23)35(17-24-12-15-38-24)28(31-25)18-33-13-14-34(30(37)19-33)27-8-5-9-29(32-27)39-20-22-6-3-2-4-7-22/h2-11,16,24H,12-15,17-20H2,1H3/t24-/m0/s1. The van der Waals surface area contributed by atoms with Crippen LogP contribution in [0, 0.1) is 0 Å². The molecule has 0 radical (unpaired) electrons. The van der Waals surface area contributed by atoms with Crippen LogP contribution in [-0.2, 0) is 29.2 Å². The molecule has 0 unspecified atom stereocenters. The second-order valence-corrected chi connectivity index (χ2v) is 10.0. The third-order valence-corrected chi connectivity index (χ3v) is 7.29. The van der Waals surface area contributed by atoms with Crippen LogP contribution in [0.2, 0.25) is 0 Å². The molecule has 2 aromatic carbocycles. The molecule has 0 N–H and O–H groups in total. The number of pyridine rings is 1. The van der Waals surface area contributed by atoms with Crippen molar-refractivity contribution >= 4 is 28.5 Å². The number of aromatic nitrogens is 3. The van der Waals surface area contributed by atoms with Crippen LogP contribution < -0.4 is 9.64 Å². The van der Waals surface area contributed by atoms with Crippen LogP contribution in [0.4, 0.5) is 5.82 Å². The molecule has 2 aliphatic heterocycles. The summed E-state index contributed by atoms with van der Waals surface area (Å²) in [6.45, 7) is 5.44. The molecule has 0 saturated carbocycles. The summed E-state index contributed by atoms with van der Waals surface area (Å²) in [5, 5.41) is 0. The van der Waals surface area contributed by atoms with Gasteiger partial charge in [-0.2, -0.15) is 4.98 Å². The first-order valence-electron chi connectivity index (χ1n) is 13.3. The van der Waals surface area contributed by atoms with E-state index < -0.39 is 0 Å². The van der Waals surface area contributed by atoms with Gasteiger partial charge in [-0.25, -0.2) is 4.98 Å². The maximum atomic E-state index is 13.2. The van der Waals surface area contributed by atoms with Gasteiger partial charge in [-0.1, -0.05) is 36.4 Å². The van der Waals surface area contributed by atoms with E-state index in [1.165, 1.54) is 0 Å². The SMILES string of the molecule is CC(=O)c1ccc2nc(CN3CCN(c4cccc(OCc5ccccc5)n4)C(=O)C3)n(C[C@@H]3CCO3)c2c1. The highest BCUT2D eigenvalue weighted by molar-refractivity contribution is 5.97. The number of imidazole rings is 1. The minimum atomic E-state index is -0.0159. The number of carbonyl (C=O) groups is 2. The average Bonchev–Trinajstić information content (AvgIpc) is 3.26. The van der Waals surface area contributed by atoms with Crippen LogP contribution in [-0.4, -0.2) is 63.5 Å². The Morgan fingerprint density at radius 1 is 1.05 bits per heavy atom. The molecule has 9 heteroatoms. The van der Waals surface area contributed by atoms with Gasteiger partial charge in [0.25, 0.3) is 0 Å². The zero-order valence-electron chi connectivity index (χ0n) is 22.0. The van der Waals surface area contributed by atoms with Crippen molar-refractivity contribution in [3.63, 3.8) is 0 Å². The van der Waals surface area contributed by atoms with Crippen LogP contribution in [0.5, 0.6) is 5.88 Å². The molecule has 2 aliphatic rings. The van der Waals surface area contributed by atoms with Gasteiger partial charge in [0, 0.05) is 31.3 Å². The van der Waals surface area contributed by atoms with Gasteiger partial charge >= 0.3 is 0 Å². The molecule has 4 aromatic rings. The summed E-state index contributed by atoms with van der Waals surface area (Å²) in [7, 11) is 0. The summed E-state index contributed by atoms with van der Waals surface area (Å²) in [5.41, 5.74) is 3.49. The van der Waals surface area contributed by atoms with Crippen molar-refractivity contribution in [3.8, 4) is 5.88 Å². The molecule has 2 fully saturated rings. The molecule has 1 amide bonds. The molecule has 1 atom stereocenters. The van der Waals surface area contributed by atoms with Gasteiger partial charge in [0.05, 0.1) is 36.8 Å². The molecule has 6 rings (SSSR count). The second-order valence-electron chi connectivity index (χ2n) is 10.0. The molecule has 0 bridgehead atoms. The molecule has 0 aliphatic carbocycles. The Kier molecular flexibility index (Phi) is 7.08. The largest absolute Gasteiger partial charge is 0.473 e. The van der Waals surface area contributed by atoms with Crippen molar-refractivity contribution < 1.29 is 19.1 Å². The first kappa shape index (κ1) is 25.2. The minimum absolute atomic E-state index is 0.0159. The molecule has 39 heavy (non-hydrogen) atoms. The van der Waals surface area contributed by atoms with E-state index in [1.807, 2.05) is 60.7 Å². The van der Waals surface area contributed by atoms with E-state index in [9.17, 15) is 9.59 Å². The monoisotopic (exact) mass is 525 g/mol. The molecule has 9 nitrogen and oxygen atoms in total. The number of ether oxygens (including phenoxy) is 2. The van der Waals surface area contributed by atoms with Crippen LogP contribution in [0.3, 0.4) is 0 Å². The highest BCUT2D eigenvalue weighted by atomic mass is 16.5. The third kappa shape index (κ3) is 5.55. The van der Waals surface area contributed by atoms with E-state index in [-0.39, 0.29) is 24.3 Å². The lowest BCUT2D eigenvalue weighted by Gasteiger charge is -2.34. The summed E-state index contributed by atoms with van der Waals surface area (Å²) in [6, 6.07) is 21.1. The number of Topliss-reactive ketones (excluding diaryl/α,β-unsaturated/α-hetero) is 1. The summed E-state index contributed by atoms with van der Waals surface area (Å²) in [6.07, 6.45) is 1.15. The zero-order chi connectivity index (χ0) is 26.8. The quantitative estimate of drug-likeness (QED) is 0.307. The average molecular weight is 526 g/mol. The normalized spacial score (nSPS) is 17.8. The molecule has 2 saturated heterocycles. The molecular formula is C30H31N5O4. The van der Waals surface area contributed by atoms with Gasteiger partial charge in [0.1, 0.15) is 18.2 Å². The number of hydrogen-bond acceptors (Lipinski definition) is 7. The highest BCUT2D eigenvalue weighted by Crippen LogP contribution is 2.25. The predicted molar refractivity (Wildman–Crippen MR) is 147 cm³/mol. The maximum Gasteiger partial charge on any atom is 0.242 e. The van der Waals surface area contributed by atoms with E-state index >= 15 is 0 Å². The van der Waals surface area contributed by atoms with Gasteiger partial charge in [-0.3, -0.25) is 19.4 Å². The van der Waals surface area contributed by atoms with Gasteiger partial charge in [0.15, 0.2) is 5.78 Å². The Morgan fingerprint density at radius 2 is 1.90 bits per heavy atom. The van der Waals surface area contributed by atoms with Gasteiger partial charge in [-0.15, -0.1) is 0 Å². The lowest BCUT2D eigenvalue weighted by Crippen LogP contribution is -2.50. The van der Waals surface area contributed by atoms with E-state index in [4.69, 9.17) is 14.5 Å². The Hall–Kier alpha value is -4.08. The zero-order valence-corrected chi connectivity index (χ0v) is 22.0. The number of piperazine rings is 1. The first-order valence-corrected chi connectivity index (χ1v) is 13.3. The maximum absolute atomic E-state index is 13.2. The van der Waals surface area contributed by atoms with Crippen LogP contribution in [0.25, 0.3) is 11.0 Å². The van der Waals surface area contributed by atoms with Crippen molar-refractivity contribution in [2.24, 2.45) is 0 Å². The van der Waals surface area contributed by atoms with Gasteiger partial charge in [-0.05, 0) is 43.2 Å². The van der Waals surface area contributed by atoms with Crippen molar-refractivity contribution in [1.29, 1.82) is 0 Å². The number of anilines is 1. The Balaban J connectivity index is 1.15.